The molecular weight excluding hydrogens is 346 g/mol. The van der Waals surface area contributed by atoms with E-state index in [-0.39, 0.29) is 16.3 Å². The van der Waals surface area contributed by atoms with Crippen LogP contribution in [0.3, 0.4) is 0 Å². The number of halogens is 1. The van der Waals surface area contributed by atoms with Gasteiger partial charge in [-0.05, 0) is 35.9 Å². The molecule has 5 nitrogen and oxygen atoms in total. The van der Waals surface area contributed by atoms with Gasteiger partial charge in [0.15, 0.2) is 9.84 Å². The maximum Gasteiger partial charge on any atom is 0.240 e. The van der Waals surface area contributed by atoms with Crippen molar-refractivity contribution in [3.05, 3.63) is 59.1 Å². The summed E-state index contributed by atoms with van der Waals surface area (Å²) in [7, 11) is -7.10. The van der Waals surface area contributed by atoms with Gasteiger partial charge in [-0.1, -0.05) is 29.8 Å². The molecule has 0 aliphatic carbocycles. The summed E-state index contributed by atoms with van der Waals surface area (Å²) in [5.41, 5.74) is 0.653. The Bertz CT molecular complexity index is 875. The van der Waals surface area contributed by atoms with E-state index in [9.17, 15) is 16.8 Å². The van der Waals surface area contributed by atoms with Crippen molar-refractivity contribution in [2.75, 3.05) is 6.26 Å². The summed E-state index contributed by atoms with van der Waals surface area (Å²) in [6.45, 7) is 0.0514. The first kappa shape index (κ1) is 17.0. The highest BCUT2D eigenvalue weighted by Gasteiger charge is 2.15. The van der Waals surface area contributed by atoms with Crippen molar-refractivity contribution < 1.29 is 16.8 Å². The fraction of sp³-hybridized carbons (Fsp3) is 0.143. The van der Waals surface area contributed by atoms with Crippen LogP contribution in [-0.4, -0.2) is 23.1 Å². The van der Waals surface area contributed by atoms with Gasteiger partial charge in [-0.15, -0.1) is 0 Å². The first-order chi connectivity index (χ1) is 10.2. The van der Waals surface area contributed by atoms with Crippen molar-refractivity contribution in [1.29, 1.82) is 0 Å². The predicted octanol–water partition coefficient (Wildman–Crippen LogP) is 2.22. The van der Waals surface area contributed by atoms with Crippen molar-refractivity contribution in [1.82, 2.24) is 4.72 Å². The Morgan fingerprint density at radius 2 is 1.45 bits per heavy atom. The van der Waals surface area contributed by atoms with E-state index in [0.717, 1.165) is 6.26 Å². The summed E-state index contributed by atoms with van der Waals surface area (Å²) >= 11 is 5.97. The van der Waals surface area contributed by atoms with E-state index in [1.54, 1.807) is 24.3 Å². The van der Waals surface area contributed by atoms with Crippen LogP contribution in [0.4, 0.5) is 0 Å². The topological polar surface area (TPSA) is 80.3 Å². The first-order valence-corrected chi connectivity index (χ1v) is 9.98. The lowest BCUT2D eigenvalue weighted by Crippen LogP contribution is -2.23. The third-order valence-corrected chi connectivity index (χ3v) is 5.89. The SMILES string of the molecule is CS(=O)(=O)c1ccc(S(=O)(=O)NCc2ccccc2Cl)cc1. The number of nitrogens with one attached hydrogen (secondary N) is 1. The largest absolute Gasteiger partial charge is 0.240 e. The second-order valence-electron chi connectivity index (χ2n) is 4.66. The van der Waals surface area contributed by atoms with Crippen molar-refractivity contribution in [2.24, 2.45) is 0 Å². The highest BCUT2D eigenvalue weighted by atomic mass is 35.5. The molecule has 0 aromatic heterocycles. The molecule has 0 aliphatic heterocycles. The second-order valence-corrected chi connectivity index (χ2v) is 8.85. The third kappa shape index (κ3) is 4.07. The summed E-state index contributed by atoms with van der Waals surface area (Å²) < 4.78 is 49.5. The summed E-state index contributed by atoms with van der Waals surface area (Å²) in [4.78, 5) is 0.0597. The number of hydrogen-bond acceptors (Lipinski definition) is 4. The van der Waals surface area contributed by atoms with E-state index >= 15 is 0 Å². The minimum atomic E-state index is -3.74. The molecule has 0 fully saturated rings. The molecule has 2 aromatic rings. The molecule has 2 rings (SSSR count). The fourth-order valence-corrected chi connectivity index (χ4v) is 3.60. The molecule has 0 aliphatic rings. The van der Waals surface area contributed by atoms with Crippen LogP contribution >= 0.6 is 11.6 Å². The molecule has 0 unspecified atom stereocenters. The number of rotatable bonds is 5. The molecule has 0 saturated carbocycles. The summed E-state index contributed by atoms with van der Waals surface area (Å²) in [5.74, 6) is 0. The number of benzene rings is 2. The molecule has 118 valence electrons. The first-order valence-electron chi connectivity index (χ1n) is 6.23. The molecule has 22 heavy (non-hydrogen) atoms. The maximum atomic E-state index is 12.2. The molecule has 0 heterocycles. The molecule has 8 heteroatoms. The van der Waals surface area contributed by atoms with Crippen LogP contribution in [-0.2, 0) is 26.4 Å². The van der Waals surface area contributed by atoms with Crippen molar-refractivity contribution in [3.8, 4) is 0 Å². The van der Waals surface area contributed by atoms with Gasteiger partial charge in [-0.25, -0.2) is 21.6 Å². The van der Waals surface area contributed by atoms with Crippen molar-refractivity contribution >= 4 is 31.5 Å². The van der Waals surface area contributed by atoms with Gasteiger partial charge in [0.2, 0.25) is 10.0 Å². The van der Waals surface area contributed by atoms with Crippen LogP contribution in [0.1, 0.15) is 5.56 Å². The minimum Gasteiger partial charge on any atom is -0.224 e. The normalized spacial score (nSPS) is 12.3. The predicted molar refractivity (Wildman–Crippen MR) is 85.0 cm³/mol. The lowest BCUT2D eigenvalue weighted by molar-refractivity contribution is 0.580. The van der Waals surface area contributed by atoms with Gasteiger partial charge < -0.3 is 0 Å². The van der Waals surface area contributed by atoms with Crippen LogP contribution in [0.2, 0.25) is 5.02 Å². The Balaban J connectivity index is 2.19. The smallest absolute Gasteiger partial charge is 0.224 e. The monoisotopic (exact) mass is 359 g/mol. The zero-order valence-electron chi connectivity index (χ0n) is 11.7. The molecule has 0 bridgehead atoms. The van der Waals surface area contributed by atoms with Crippen LogP contribution in [0.15, 0.2) is 58.3 Å². The zero-order valence-corrected chi connectivity index (χ0v) is 14.0. The number of hydrogen-bond donors (Lipinski definition) is 1. The van der Waals surface area contributed by atoms with E-state index in [1.807, 2.05) is 0 Å². The van der Waals surface area contributed by atoms with Crippen molar-refractivity contribution in [2.45, 2.75) is 16.3 Å². The average molecular weight is 360 g/mol. The Kier molecular flexibility index (Phi) is 4.91. The average Bonchev–Trinajstić information content (AvgIpc) is 2.46. The molecule has 2 aromatic carbocycles. The quantitative estimate of drug-likeness (QED) is 0.887. The third-order valence-electron chi connectivity index (χ3n) is 2.97. The van der Waals surface area contributed by atoms with Gasteiger partial charge in [-0.3, -0.25) is 0 Å². The molecule has 0 amide bonds. The van der Waals surface area contributed by atoms with E-state index < -0.39 is 19.9 Å². The Hall–Kier alpha value is -1.41. The van der Waals surface area contributed by atoms with Gasteiger partial charge in [0.1, 0.15) is 0 Å². The molecule has 1 N–H and O–H groups in total. The number of sulfone groups is 1. The van der Waals surface area contributed by atoms with E-state index in [1.165, 1.54) is 24.3 Å². The van der Waals surface area contributed by atoms with Gasteiger partial charge in [0.25, 0.3) is 0 Å². The van der Waals surface area contributed by atoms with Gasteiger partial charge in [0.05, 0.1) is 9.79 Å². The van der Waals surface area contributed by atoms with Gasteiger partial charge in [0, 0.05) is 17.8 Å². The minimum absolute atomic E-state index is 0.00745. The van der Waals surface area contributed by atoms with E-state index in [4.69, 9.17) is 11.6 Å². The van der Waals surface area contributed by atoms with Crippen LogP contribution in [0.25, 0.3) is 0 Å². The number of sulfonamides is 1. The standard InChI is InChI=1S/C14H14ClNO4S2/c1-21(17,18)12-6-8-13(9-7-12)22(19,20)16-10-11-4-2-3-5-14(11)15/h2-9,16H,10H2,1H3. The van der Waals surface area contributed by atoms with Gasteiger partial charge in [-0.2, -0.15) is 0 Å². The molecule has 0 atom stereocenters. The van der Waals surface area contributed by atoms with Crippen LogP contribution < -0.4 is 4.72 Å². The fourth-order valence-electron chi connectivity index (χ4n) is 1.76. The van der Waals surface area contributed by atoms with Crippen LogP contribution in [0, 0.1) is 0 Å². The van der Waals surface area contributed by atoms with E-state index in [0.29, 0.717) is 10.6 Å². The van der Waals surface area contributed by atoms with E-state index in [2.05, 4.69) is 4.72 Å². The molecular formula is C14H14ClNO4S2. The second kappa shape index (κ2) is 6.37. The van der Waals surface area contributed by atoms with Gasteiger partial charge >= 0.3 is 0 Å². The Morgan fingerprint density at radius 1 is 0.909 bits per heavy atom. The highest BCUT2D eigenvalue weighted by molar-refractivity contribution is 7.90. The summed E-state index contributed by atoms with van der Waals surface area (Å²) in [6.07, 6.45) is 1.06. The molecule has 0 radical (unpaired) electrons. The lowest BCUT2D eigenvalue weighted by atomic mass is 10.2. The van der Waals surface area contributed by atoms with Crippen molar-refractivity contribution in [3.63, 3.8) is 0 Å². The molecule has 0 saturated heterocycles. The Morgan fingerprint density at radius 3 is 2.00 bits per heavy atom. The summed E-state index contributed by atoms with van der Waals surface area (Å²) in [6, 6.07) is 11.9. The zero-order chi connectivity index (χ0) is 16.4. The highest BCUT2D eigenvalue weighted by Crippen LogP contribution is 2.17. The van der Waals surface area contributed by atoms with Crippen LogP contribution in [0.5, 0.6) is 0 Å². The molecule has 0 spiro atoms. The Labute approximate surface area is 134 Å². The lowest BCUT2D eigenvalue weighted by Gasteiger charge is -2.08. The summed E-state index contributed by atoms with van der Waals surface area (Å²) in [5, 5.41) is 0.470. The maximum absolute atomic E-state index is 12.2.